The number of carbonyl (C=O) groups excluding carboxylic acids is 1. The predicted molar refractivity (Wildman–Crippen MR) is 102 cm³/mol. The zero-order valence-electron chi connectivity index (χ0n) is 14.5. The largest absolute Gasteiger partial charge is 0.449 e. The summed E-state index contributed by atoms with van der Waals surface area (Å²) in [6.45, 7) is 3.51. The van der Waals surface area contributed by atoms with Gasteiger partial charge in [0.05, 0.1) is 22.6 Å². The molecule has 0 spiro atoms. The maximum atomic E-state index is 14.0. The first-order valence-corrected chi connectivity index (χ1v) is 9.48. The molecule has 0 atom stereocenters. The highest BCUT2D eigenvalue weighted by atomic mass is 35.5. The molecule has 0 unspecified atom stereocenters. The highest BCUT2D eigenvalue weighted by Crippen LogP contribution is 2.40. The zero-order chi connectivity index (χ0) is 18.1. The monoisotopic (exact) mass is 415 g/mol. The Bertz CT molecular complexity index is 791. The summed E-state index contributed by atoms with van der Waals surface area (Å²) in [6, 6.07) is 3.65. The Morgan fingerprint density at radius 1 is 1.22 bits per heavy atom. The van der Waals surface area contributed by atoms with E-state index in [9.17, 15) is 13.6 Å². The second-order valence-electron chi connectivity index (χ2n) is 6.92. The minimum Gasteiger partial charge on any atom is -0.449 e. The summed E-state index contributed by atoms with van der Waals surface area (Å²) in [4.78, 5) is 18.9. The number of hydrogen-bond acceptors (Lipinski definition) is 5. The molecule has 3 fully saturated rings. The van der Waals surface area contributed by atoms with Crippen molar-refractivity contribution < 1.29 is 18.3 Å². The number of ether oxygens (including phenoxy) is 1. The molecule has 0 aliphatic carbocycles. The van der Waals surface area contributed by atoms with Gasteiger partial charge in [-0.3, -0.25) is 5.32 Å². The maximum absolute atomic E-state index is 14.0. The van der Waals surface area contributed by atoms with Gasteiger partial charge < -0.3 is 9.64 Å². The van der Waals surface area contributed by atoms with E-state index in [2.05, 4.69) is 15.2 Å². The number of amides is 1. The average Bonchev–Trinajstić information content (AvgIpc) is 3.09. The first kappa shape index (κ1) is 20.0. The van der Waals surface area contributed by atoms with Crippen LogP contribution < -0.4 is 5.32 Å². The van der Waals surface area contributed by atoms with Crippen LogP contribution in [0.4, 0.5) is 19.4 Å². The highest BCUT2D eigenvalue weighted by Gasteiger charge is 2.40. The molecule has 27 heavy (non-hydrogen) atoms. The van der Waals surface area contributed by atoms with Crippen LogP contribution in [0.15, 0.2) is 23.7 Å². The van der Waals surface area contributed by atoms with Gasteiger partial charge in [-0.2, -0.15) is 0 Å². The molecule has 0 radical (unpaired) electrons. The van der Waals surface area contributed by atoms with Gasteiger partial charge in [-0.25, -0.2) is 18.6 Å². The lowest BCUT2D eigenvalue weighted by molar-refractivity contribution is -0.0190. The van der Waals surface area contributed by atoms with Crippen molar-refractivity contribution in [2.24, 2.45) is 5.41 Å². The fourth-order valence-corrected chi connectivity index (χ4v) is 4.48. The molecular weight excluding hydrogens is 396 g/mol. The van der Waals surface area contributed by atoms with Crippen LogP contribution in [0.2, 0.25) is 0 Å². The summed E-state index contributed by atoms with van der Waals surface area (Å²) in [5, 5.41) is 2.53. The van der Waals surface area contributed by atoms with Crippen LogP contribution in [0.5, 0.6) is 0 Å². The van der Waals surface area contributed by atoms with Crippen LogP contribution in [-0.4, -0.2) is 42.2 Å². The summed E-state index contributed by atoms with van der Waals surface area (Å²) < 4.78 is 33.5. The van der Waals surface area contributed by atoms with Gasteiger partial charge in [0.1, 0.15) is 11.6 Å². The molecule has 3 aliphatic rings. The lowest BCUT2D eigenvalue weighted by Gasteiger charge is -2.47. The molecule has 5 rings (SSSR count). The van der Waals surface area contributed by atoms with Crippen molar-refractivity contribution in [1.29, 1.82) is 0 Å². The number of thiazole rings is 1. The van der Waals surface area contributed by atoms with Gasteiger partial charge in [0.15, 0.2) is 5.82 Å². The minimum atomic E-state index is -0.696. The third-order valence-corrected chi connectivity index (χ3v) is 6.21. The lowest BCUT2D eigenvalue weighted by atomic mass is 9.73. The fourth-order valence-electron chi connectivity index (χ4n) is 3.69. The number of aromatic nitrogens is 1. The van der Waals surface area contributed by atoms with E-state index >= 15 is 0 Å². The summed E-state index contributed by atoms with van der Waals surface area (Å²) in [5.41, 5.74) is 1.31. The average molecular weight is 416 g/mol. The van der Waals surface area contributed by atoms with E-state index in [4.69, 9.17) is 4.74 Å². The molecule has 2 aromatic rings. The molecule has 4 heterocycles. The molecule has 1 amide bonds. The van der Waals surface area contributed by atoms with E-state index in [-0.39, 0.29) is 34.1 Å². The topological polar surface area (TPSA) is 54.5 Å². The van der Waals surface area contributed by atoms with Crippen molar-refractivity contribution in [3.05, 3.63) is 35.3 Å². The Hall–Kier alpha value is -1.77. The highest BCUT2D eigenvalue weighted by molar-refractivity contribution is 7.13. The first-order valence-electron chi connectivity index (χ1n) is 8.60. The quantitative estimate of drug-likeness (QED) is 0.796. The number of nitrogens with one attached hydrogen (secondary N) is 1. The Balaban J connectivity index is 0.00000210. The van der Waals surface area contributed by atoms with E-state index < -0.39 is 17.7 Å². The third kappa shape index (κ3) is 4.07. The first-order chi connectivity index (χ1) is 12.6. The van der Waals surface area contributed by atoms with E-state index in [1.165, 1.54) is 23.7 Å². The van der Waals surface area contributed by atoms with Gasteiger partial charge in [-0.1, -0.05) is 6.07 Å². The summed E-state index contributed by atoms with van der Waals surface area (Å²) in [6.07, 6.45) is 2.45. The standard InChI is InChI=1S/C18H19F2N3O2S.ClH/c19-12-2-1-3-13(20)14(12)15-16(21-11-26-15)22-17(24)25-10-18-4-7-23(8-5-18)9-6-18;/h1-3,11H,4-10H2,(H,22,24);1H. The van der Waals surface area contributed by atoms with Gasteiger partial charge in [-0.15, -0.1) is 23.7 Å². The second kappa shape index (κ2) is 8.08. The van der Waals surface area contributed by atoms with Crippen LogP contribution in [0.25, 0.3) is 10.4 Å². The maximum Gasteiger partial charge on any atom is 0.412 e. The molecule has 1 aromatic heterocycles. The number of carbonyl (C=O) groups is 1. The Morgan fingerprint density at radius 3 is 2.48 bits per heavy atom. The van der Waals surface area contributed by atoms with Gasteiger partial charge in [-0.05, 0) is 51.0 Å². The van der Waals surface area contributed by atoms with Crippen molar-refractivity contribution in [3.63, 3.8) is 0 Å². The number of hydrogen-bond donors (Lipinski definition) is 1. The smallest absolute Gasteiger partial charge is 0.412 e. The molecule has 3 saturated heterocycles. The molecule has 5 nitrogen and oxygen atoms in total. The van der Waals surface area contributed by atoms with Crippen molar-refractivity contribution in [2.45, 2.75) is 19.3 Å². The number of piperidine rings is 3. The predicted octanol–water partition coefficient (Wildman–Crippen LogP) is 4.54. The number of benzene rings is 1. The molecule has 9 heteroatoms. The summed E-state index contributed by atoms with van der Waals surface area (Å²) >= 11 is 1.06. The van der Waals surface area contributed by atoms with Crippen LogP contribution in [0, 0.1) is 17.0 Å². The normalized spacial score (nSPS) is 23.6. The number of nitrogens with zero attached hydrogens (tertiary/aromatic N) is 2. The zero-order valence-corrected chi connectivity index (χ0v) is 16.2. The lowest BCUT2D eigenvalue weighted by Crippen LogP contribution is -2.50. The third-order valence-electron chi connectivity index (χ3n) is 5.36. The molecule has 1 aromatic carbocycles. The molecule has 0 saturated carbocycles. The van der Waals surface area contributed by atoms with Crippen molar-refractivity contribution >= 4 is 35.7 Å². The SMILES string of the molecule is Cl.O=C(Nc1ncsc1-c1c(F)cccc1F)OCC12CCN(CC1)CC2. The molecule has 2 bridgehead atoms. The Kier molecular flexibility index (Phi) is 5.98. The molecule has 3 aliphatic heterocycles. The molecule has 1 N–H and O–H groups in total. The van der Waals surface area contributed by atoms with Gasteiger partial charge in [0.2, 0.25) is 0 Å². The number of rotatable bonds is 4. The number of anilines is 1. The van der Waals surface area contributed by atoms with Crippen LogP contribution in [0.1, 0.15) is 19.3 Å². The fraction of sp³-hybridized carbons (Fsp3) is 0.444. The van der Waals surface area contributed by atoms with E-state index in [1.54, 1.807) is 0 Å². The number of halogens is 3. The molecule has 146 valence electrons. The van der Waals surface area contributed by atoms with Crippen LogP contribution >= 0.6 is 23.7 Å². The van der Waals surface area contributed by atoms with Gasteiger partial charge in [0.25, 0.3) is 0 Å². The second-order valence-corrected chi connectivity index (χ2v) is 7.77. The van der Waals surface area contributed by atoms with Gasteiger partial charge in [0, 0.05) is 5.41 Å². The van der Waals surface area contributed by atoms with Crippen LogP contribution in [0.3, 0.4) is 0 Å². The van der Waals surface area contributed by atoms with E-state index in [0.29, 0.717) is 6.61 Å². The minimum absolute atomic E-state index is 0. The van der Waals surface area contributed by atoms with Crippen LogP contribution in [-0.2, 0) is 4.74 Å². The number of fused-ring (bicyclic) bond motifs is 3. The summed E-state index contributed by atoms with van der Waals surface area (Å²) in [7, 11) is 0. The van der Waals surface area contributed by atoms with Crippen molar-refractivity contribution in [2.75, 3.05) is 31.6 Å². The molecular formula is C18H20ClF2N3O2S. The van der Waals surface area contributed by atoms with Gasteiger partial charge >= 0.3 is 6.09 Å². The summed E-state index contributed by atoms with van der Waals surface area (Å²) in [5.74, 6) is -1.28. The van der Waals surface area contributed by atoms with E-state index in [1.807, 2.05) is 0 Å². The Morgan fingerprint density at radius 2 is 1.85 bits per heavy atom. The van der Waals surface area contributed by atoms with Crippen molar-refractivity contribution in [1.82, 2.24) is 9.88 Å². The van der Waals surface area contributed by atoms with Crippen molar-refractivity contribution in [3.8, 4) is 10.4 Å². The Labute approximate surface area is 166 Å². The van der Waals surface area contributed by atoms with E-state index in [0.717, 1.165) is 50.2 Å².